The Hall–Kier alpha value is -1.03. The molecule has 0 aromatic rings. The van der Waals surface area contributed by atoms with Gasteiger partial charge in [0.2, 0.25) is 0 Å². The van der Waals surface area contributed by atoms with Crippen molar-refractivity contribution in [3.63, 3.8) is 0 Å². The zero-order chi connectivity index (χ0) is 10.3. The van der Waals surface area contributed by atoms with Crippen LogP contribution in [0.3, 0.4) is 0 Å². The second-order valence-corrected chi connectivity index (χ2v) is 3.08. The van der Waals surface area contributed by atoms with Crippen LogP contribution in [0.25, 0.3) is 0 Å². The van der Waals surface area contributed by atoms with Crippen LogP contribution in [0, 0.1) is 0 Å². The van der Waals surface area contributed by atoms with E-state index in [1.165, 1.54) is 13.2 Å². The molecule has 0 rings (SSSR count). The summed E-state index contributed by atoms with van der Waals surface area (Å²) in [5.74, 6) is -0.324. The SMILES string of the molecule is COC(=O)/C=C(/C)NCCN(C)C. The first-order chi connectivity index (χ1) is 6.06. The van der Waals surface area contributed by atoms with Crippen molar-refractivity contribution in [1.82, 2.24) is 10.2 Å². The number of carbonyl (C=O) groups is 1. The summed E-state index contributed by atoms with van der Waals surface area (Å²) in [5.41, 5.74) is 0.828. The number of allylic oxidation sites excluding steroid dienone is 1. The minimum atomic E-state index is -0.324. The third-order valence-electron chi connectivity index (χ3n) is 1.50. The predicted octanol–water partition coefficient (Wildman–Crippen LogP) is 0.214. The van der Waals surface area contributed by atoms with Crippen molar-refractivity contribution in [2.24, 2.45) is 0 Å². The van der Waals surface area contributed by atoms with Gasteiger partial charge in [0.1, 0.15) is 0 Å². The molecule has 4 nitrogen and oxygen atoms in total. The van der Waals surface area contributed by atoms with E-state index in [4.69, 9.17) is 0 Å². The van der Waals surface area contributed by atoms with Crippen molar-refractivity contribution >= 4 is 5.97 Å². The fourth-order valence-electron chi connectivity index (χ4n) is 0.763. The molecule has 0 aromatic heterocycles. The van der Waals surface area contributed by atoms with Crippen LogP contribution in [-0.4, -0.2) is 45.2 Å². The molecular weight excluding hydrogens is 168 g/mol. The number of nitrogens with one attached hydrogen (secondary N) is 1. The topological polar surface area (TPSA) is 41.6 Å². The molecule has 0 aliphatic rings. The van der Waals surface area contributed by atoms with Crippen LogP contribution in [0.2, 0.25) is 0 Å². The van der Waals surface area contributed by atoms with Gasteiger partial charge in [-0.25, -0.2) is 4.79 Å². The van der Waals surface area contributed by atoms with E-state index in [-0.39, 0.29) is 5.97 Å². The third kappa shape index (κ3) is 7.33. The number of methoxy groups -OCH3 is 1. The quantitative estimate of drug-likeness (QED) is 0.492. The zero-order valence-corrected chi connectivity index (χ0v) is 8.76. The first-order valence-electron chi connectivity index (χ1n) is 4.21. The number of likely N-dealkylation sites (N-methyl/N-ethyl adjacent to an activating group) is 1. The van der Waals surface area contributed by atoms with Crippen LogP contribution in [0.15, 0.2) is 11.8 Å². The van der Waals surface area contributed by atoms with Gasteiger partial charge in [-0.05, 0) is 21.0 Å². The normalized spacial score (nSPS) is 11.6. The minimum absolute atomic E-state index is 0.324. The number of hydrogen-bond donors (Lipinski definition) is 1. The van der Waals surface area contributed by atoms with Crippen molar-refractivity contribution in [2.45, 2.75) is 6.92 Å². The van der Waals surface area contributed by atoms with Crippen LogP contribution >= 0.6 is 0 Å². The van der Waals surface area contributed by atoms with Gasteiger partial charge in [0, 0.05) is 24.9 Å². The molecule has 0 aromatic carbocycles. The van der Waals surface area contributed by atoms with Crippen molar-refractivity contribution in [3.8, 4) is 0 Å². The van der Waals surface area contributed by atoms with E-state index in [0.29, 0.717) is 0 Å². The average Bonchev–Trinajstić information content (AvgIpc) is 2.03. The minimum Gasteiger partial charge on any atom is -0.466 e. The average molecular weight is 186 g/mol. The Bertz CT molecular complexity index is 188. The number of carbonyl (C=O) groups excluding carboxylic acids is 1. The molecule has 0 aliphatic carbocycles. The summed E-state index contributed by atoms with van der Waals surface area (Å²) < 4.78 is 4.48. The maximum Gasteiger partial charge on any atom is 0.332 e. The molecule has 1 N–H and O–H groups in total. The summed E-state index contributed by atoms with van der Waals surface area (Å²) in [6, 6.07) is 0. The Morgan fingerprint density at radius 1 is 1.54 bits per heavy atom. The molecule has 0 fully saturated rings. The van der Waals surface area contributed by atoms with Crippen molar-refractivity contribution in [1.29, 1.82) is 0 Å². The van der Waals surface area contributed by atoms with E-state index in [1.54, 1.807) is 0 Å². The van der Waals surface area contributed by atoms with Gasteiger partial charge in [-0.2, -0.15) is 0 Å². The summed E-state index contributed by atoms with van der Waals surface area (Å²) in [6.07, 6.45) is 1.44. The lowest BCUT2D eigenvalue weighted by molar-refractivity contribution is -0.134. The Morgan fingerprint density at radius 2 is 2.15 bits per heavy atom. The number of ether oxygens (including phenoxy) is 1. The van der Waals surface area contributed by atoms with Gasteiger partial charge in [-0.1, -0.05) is 0 Å². The lowest BCUT2D eigenvalue weighted by Gasteiger charge is -2.11. The second kappa shape index (κ2) is 6.48. The third-order valence-corrected chi connectivity index (χ3v) is 1.50. The maximum absolute atomic E-state index is 10.8. The van der Waals surface area contributed by atoms with Gasteiger partial charge in [0.05, 0.1) is 7.11 Å². The van der Waals surface area contributed by atoms with E-state index in [2.05, 4.69) is 15.0 Å². The molecule has 0 bridgehead atoms. The highest BCUT2D eigenvalue weighted by molar-refractivity contribution is 5.82. The van der Waals surface area contributed by atoms with Gasteiger partial charge in [0.25, 0.3) is 0 Å². The van der Waals surface area contributed by atoms with Gasteiger partial charge in [-0.15, -0.1) is 0 Å². The van der Waals surface area contributed by atoms with E-state index in [1.807, 2.05) is 21.0 Å². The summed E-state index contributed by atoms with van der Waals surface area (Å²) in [6.45, 7) is 3.60. The smallest absolute Gasteiger partial charge is 0.332 e. The number of esters is 1. The Balaban J connectivity index is 3.67. The zero-order valence-electron chi connectivity index (χ0n) is 8.76. The molecule has 0 radical (unpaired) electrons. The van der Waals surface area contributed by atoms with E-state index in [9.17, 15) is 4.79 Å². The van der Waals surface area contributed by atoms with E-state index in [0.717, 1.165) is 18.8 Å². The highest BCUT2D eigenvalue weighted by Crippen LogP contribution is 1.87. The van der Waals surface area contributed by atoms with Gasteiger partial charge < -0.3 is 15.0 Å². The standard InChI is InChI=1S/C9H18N2O2/c1-8(7-9(12)13-4)10-5-6-11(2)3/h7,10H,5-6H2,1-4H3/b8-7-. The van der Waals surface area contributed by atoms with Crippen LogP contribution in [-0.2, 0) is 9.53 Å². The predicted molar refractivity (Wildman–Crippen MR) is 52.3 cm³/mol. The molecule has 0 saturated heterocycles. The number of rotatable bonds is 5. The molecule has 0 amide bonds. The number of hydrogen-bond acceptors (Lipinski definition) is 4. The Labute approximate surface area is 79.6 Å². The van der Waals surface area contributed by atoms with Crippen molar-refractivity contribution < 1.29 is 9.53 Å². The highest BCUT2D eigenvalue weighted by atomic mass is 16.5. The molecule has 4 heteroatoms. The first kappa shape index (κ1) is 12.0. The summed E-state index contributed by atoms with van der Waals surface area (Å²) in [4.78, 5) is 12.8. The summed E-state index contributed by atoms with van der Waals surface area (Å²) >= 11 is 0. The number of nitrogens with zero attached hydrogens (tertiary/aromatic N) is 1. The lowest BCUT2D eigenvalue weighted by Crippen LogP contribution is -2.25. The summed E-state index contributed by atoms with van der Waals surface area (Å²) in [7, 11) is 5.37. The Morgan fingerprint density at radius 3 is 2.62 bits per heavy atom. The van der Waals surface area contributed by atoms with Crippen LogP contribution < -0.4 is 5.32 Å². The monoisotopic (exact) mass is 186 g/mol. The van der Waals surface area contributed by atoms with E-state index >= 15 is 0 Å². The van der Waals surface area contributed by atoms with Gasteiger partial charge in [-0.3, -0.25) is 0 Å². The fraction of sp³-hybridized carbons (Fsp3) is 0.667. The lowest BCUT2D eigenvalue weighted by atomic mass is 10.4. The molecule has 0 atom stereocenters. The fourth-order valence-corrected chi connectivity index (χ4v) is 0.763. The molecular formula is C9H18N2O2. The molecule has 0 unspecified atom stereocenters. The van der Waals surface area contributed by atoms with Crippen LogP contribution in [0.1, 0.15) is 6.92 Å². The van der Waals surface area contributed by atoms with Gasteiger partial charge >= 0.3 is 5.97 Å². The maximum atomic E-state index is 10.8. The second-order valence-electron chi connectivity index (χ2n) is 3.08. The van der Waals surface area contributed by atoms with Crippen molar-refractivity contribution in [3.05, 3.63) is 11.8 Å². The molecule has 76 valence electrons. The van der Waals surface area contributed by atoms with Gasteiger partial charge in [0.15, 0.2) is 0 Å². The van der Waals surface area contributed by atoms with E-state index < -0.39 is 0 Å². The molecule has 0 saturated carbocycles. The highest BCUT2D eigenvalue weighted by Gasteiger charge is 1.95. The van der Waals surface area contributed by atoms with Crippen molar-refractivity contribution in [2.75, 3.05) is 34.3 Å². The Kier molecular flexibility index (Phi) is 5.97. The molecule has 0 aliphatic heterocycles. The molecule has 0 spiro atoms. The first-order valence-corrected chi connectivity index (χ1v) is 4.21. The molecule has 0 heterocycles. The molecule has 13 heavy (non-hydrogen) atoms. The van der Waals surface area contributed by atoms with Crippen LogP contribution in [0.5, 0.6) is 0 Å². The largest absolute Gasteiger partial charge is 0.466 e. The van der Waals surface area contributed by atoms with Crippen LogP contribution in [0.4, 0.5) is 0 Å². The summed E-state index contributed by atoms with van der Waals surface area (Å²) in [5, 5.41) is 3.10.